The lowest BCUT2D eigenvalue weighted by Gasteiger charge is -2.15. The van der Waals surface area contributed by atoms with Crippen molar-refractivity contribution in [3.8, 4) is 17.6 Å². The second-order valence-corrected chi connectivity index (χ2v) is 3.69. The predicted molar refractivity (Wildman–Crippen MR) is 70.4 cm³/mol. The molecule has 1 unspecified atom stereocenters. The van der Waals surface area contributed by atoms with Crippen LogP contribution in [0.3, 0.4) is 0 Å². The lowest BCUT2D eigenvalue weighted by molar-refractivity contribution is 0.340. The van der Waals surface area contributed by atoms with Gasteiger partial charge in [-0.3, -0.25) is 11.3 Å². The third-order valence-electron chi connectivity index (χ3n) is 2.53. The lowest BCUT2D eigenvalue weighted by Crippen LogP contribution is -2.27. The summed E-state index contributed by atoms with van der Waals surface area (Å²) in [4.78, 5) is 0. The summed E-state index contributed by atoms with van der Waals surface area (Å²) in [7, 11) is 0. The van der Waals surface area contributed by atoms with Crippen LogP contribution in [0.25, 0.3) is 0 Å². The second kappa shape index (κ2) is 7.72. The zero-order valence-corrected chi connectivity index (χ0v) is 10.5. The number of hydrogen-bond acceptors (Lipinski definition) is 3. The van der Waals surface area contributed by atoms with E-state index in [0.29, 0.717) is 6.61 Å². The molecule has 0 radical (unpaired) electrons. The minimum absolute atomic E-state index is 0.145. The molecular formula is C14H20N2O. The highest BCUT2D eigenvalue weighted by Gasteiger charge is 2.08. The van der Waals surface area contributed by atoms with Crippen LogP contribution in [0, 0.1) is 11.8 Å². The van der Waals surface area contributed by atoms with E-state index in [4.69, 9.17) is 10.6 Å². The largest absolute Gasteiger partial charge is 0.494 e. The molecule has 3 heteroatoms. The number of hydrazine groups is 1. The highest BCUT2D eigenvalue weighted by Crippen LogP contribution is 2.20. The van der Waals surface area contributed by atoms with Gasteiger partial charge in [0.2, 0.25) is 0 Å². The standard InChI is InChI=1S/C14H20N2O/c1-3-5-6-7-14(16-15)12-8-10-13(11-9-12)17-4-2/h8-11,14,16H,4,6-7,15H2,1-2H3. The molecular weight excluding hydrogens is 212 g/mol. The van der Waals surface area contributed by atoms with Crippen molar-refractivity contribution in [2.24, 2.45) is 5.84 Å². The molecule has 0 spiro atoms. The third kappa shape index (κ3) is 4.48. The fraction of sp³-hybridized carbons (Fsp3) is 0.429. The Balaban J connectivity index is 2.63. The first-order valence-corrected chi connectivity index (χ1v) is 5.90. The first-order chi connectivity index (χ1) is 8.31. The molecule has 3 N–H and O–H groups in total. The maximum atomic E-state index is 5.55. The van der Waals surface area contributed by atoms with Gasteiger partial charge in [0.15, 0.2) is 0 Å². The molecule has 0 aliphatic carbocycles. The van der Waals surface area contributed by atoms with Crippen molar-refractivity contribution in [3.63, 3.8) is 0 Å². The number of ether oxygens (including phenoxy) is 1. The van der Waals surface area contributed by atoms with E-state index in [2.05, 4.69) is 17.3 Å². The van der Waals surface area contributed by atoms with Gasteiger partial charge in [0.1, 0.15) is 5.75 Å². The monoisotopic (exact) mass is 232 g/mol. The van der Waals surface area contributed by atoms with Crippen molar-refractivity contribution in [1.82, 2.24) is 5.43 Å². The van der Waals surface area contributed by atoms with E-state index in [0.717, 1.165) is 24.2 Å². The van der Waals surface area contributed by atoms with Gasteiger partial charge < -0.3 is 4.74 Å². The molecule has 1 aromatic carbocycles. The van der Waals surface area contributed by atoms with Crippen LogP contribution in [0.1, 0.15) is 38.3 Å². The summed E-state index contributed by atoms with van der Waals surface area (Å²) < 4.78 is 5.40. The van der Waals surface area contributed by atoms with Gasteiger partial charge in [-0.1, -0.05) is 12.1 Å². The van der Waals surface area contributed by atoms with Crippen molar-refractivity contribution in [3.05, 3.63) is 29.8 Å². The first kappa shape index (κ1) is 13.6. The Bertz CT molecular complexity index is 375. The van der Waals surface area contributed by atoms with Gasteiger partial charge in [-0.05, 0) is 38.0 Å². The molecule has 1 aromatic rings. The highest BCUT2D eigenvalue weighted by atomic mass is 16.5. The van der Waals surface area contributed by atoms with Crippen LogP contribution in [0.5, 0.6) is 5.75 Å². The molecule has 0 aliphatic heterocycles. The topological polar surface area (TPSA) is 47.3 Å². The lowest BCUT2D eigenvalue weighted by atomic mass is 10.0. The predicted octanol–water partition coefficient (Wildman–Crippen LogP) is 2.39. The summed E-state index contributed by atoms with van der Waals surface area (Å²) in [6.45, 7) is 4.51. The van der Waals surface area contributed by atoms with E-state index < -0.39 is 0 Å². The van der Waals surface area contributed by atoms with E-state index in [1.165, 1.54) is 0 Å². The highest BCUT2D eigenvalue weighted by molar-refractivity contribution is 5.29. The van der Waals surface area contributed by atoms with E-state index in [9.17, 15) is 0 Å². The van der Waals surface area contributed by atoms with Crippen molar-refractivity contribution >= 4 is 0 Å². The van der Waals surface area contributed by atoms with E-state index >= 15 is 0 Å². The fourth-order valence-corrected chi connectivity index (χ4v) is 1.65. The molecule has 0 saturated heterocycles. The number of hydrogen-bond donors (Lipinski definition) is 2. The molecule has 1 rings (SSSR count). The average molecular weight is 232 g/mol. The van der Waals surface area contributed by atoms with Crippen molar-refractivity contribution in [2.45, 2.75) is 32.7 Å². The molecule has 0 fully saturated rings. The van der Waals surface area contributed by atoms with Gasteiger partial charge in [-0.2, -0.15) is 0 Å². The van der Waals surface area contributed by atoms with Crippen LogP contribution in [-0.2, 0) is 0 Å². The Kier molecular flexibility index (Phi) is 6.16. The quantitative estimate of drug-likeness (QED) is 0.450. The Labute approximate surface area is 103 Å². The van der Waals surface area contributed by atoms with Gasteiger partial charge in [-0.25, -0.2) is 0 Å². The summed E-state index contributed by atoms with van der Waals surface area (Å²) in [5.41, 5.74) is 3.98. The zero-order chi connectivity index (χ0) is 12.5. The molecule has 0 saturated carbocycles. The van der Waals surface area contributed by atoms with Gasteiger partial charge in [-0.15, -0.1) is 11.8 Å². The van der Waals surface area contributed by atoms with Crippen molar-refractivity contribution in [1.29, 1.82) is 0 Å². The Morgan fingerprint density at radius 3 is 2.59 bits per heavy atom. The van der Waals surface area contributed by atoms with Gasteiger partial charge in [0, 0.05) is 12.5 Å². The molecule has 0 amide bonds. The summed E-state index contributed by atoms with van der Waals surface area (Å²) in [5, 5.41) is 0. The third-order valence-corrected chi connectivity index (χ3v) is 2.53. The Hall–Kier alpha value is -1.50. The maximum Gasteiger partial charge on any atom is 0.119 e. The molecule has 1 atom stereocenters. The number of benzene rings is 1. The summed E-state index contributed by atoms with van der Waals surface area (Å²) >= 11 is 0. The molecule has 17 heavy (non-hydrogen) atoms. The van der Waals surface area contributed by atoms with Crippen LogP contribution in [0.4, 0.5) is 0 Å². The normalized spacial score (nSPS) is 11.5. The zero-order valence-electron chi connectivity index (χ0n) is 10.5. The second-order valence-electron chi connectivity index (χ2n) is 3.69. The summed E-state index contributed by atoms with van der Waals surface area (Å²) in [6, 6.07) is 8.15. The van der Waals surface area contributed by atoms with Crippen LogP contribution in [0.2, 0.25) is 0 Å². The van der Waals surface area contributed by atoms with Crippen LogP contribution in [-0.4, -0.2) is 6.61 Å². The minimum atomic E-state index is 0.145. The Morgan fingerprint density at radius 1 is 1.35 bits per heavy atom. The first-order valence-electron chi connectivity index (χ1n) is 5.90. The molecule has 0 bridgehead atoms. The minimum Gasteiger partial charge on any atom is -0.494 e. The van der Waals surface area contributed by atoms with E-state index in [1.807, 2.05) is 38.1 Å². The van der Waals surface area contributed by atoms with Gasteiger partial charge in [0.25, 0.3) is 0 Å². The molecule has 0 aliphatic rings. The van der Waals surface area contributed by atoms with Crippen molar-refractivity contribution < 1.29 is 4.74 Å². The smallest absolute Gasteiger partial charge is 0.119 e. The van der Waals surface area contributed by atoms with Gasteiger partial charge >= 0.3 is 0 Å². The van der Waals surface area contributed by atoms with Gasteiger partial charge in [0.05, 0.1) is 6.61 Å². The average Bonchev–Trinajstić information content (AvgIpc) is 2.36. The summed E-state index contributed by atoms with van der Waals surface area (Å²) in [6.07, 6.45) is 1.75. The van der Waals surface area contributed by atoms with E-state index in [1.54, 1.807) is 0 Å². The SMILES string of the molecule is CC#CCCC(NN)c1ccc(OCC)cc1. The fourth-order valence-electron chi connectivity index (χ4n) is 1.65. The molecule has 92 valence electrons. The molecule has 0 heterocycles. The van der Waals surface area contributed by atoms with E-state index in [-0.39, 0.29) is 6.04 Å². The van der Waals surface area contributed by atoms with Crippen LogP contribution >= 0.6 is 0 Å². The Morgan fingerprint density at radius 2 is 2.06 bits per heavy atom. The van der Waals surface area contributed by atoms with Crippen molar-refractivity contribution in [2.75, 3.05) is 6.61 Å². The maximum absolute atomic E-state index is 5.55. The molecule has 3 nitrogen and oxygen atoms in total. The van der Waals surface area contributed by atoms with Crippen LogP contribution < -0.4 is 16.0 Å². The number of rotatable bonds is 6. The summed E-state index contributed by atoms with van der Waals surface area (Å²) in [5.74, 6) is 12.4. The van der Waals surface area contributed by atoms with Crippen LogP contribution in [0.15, 0.2) is 24.3 Å². The number of nitrogens with two attached hydrogens (primary N) is 1. The molecule has 0 aromatic heterocycles. The number of nitrogens with one attached hydrogen (secondary N) is 1.